The van der Waals surface area contributed by atoms with E-state index in [1.807, 2.05) is 24.3 Å². The number of ether oxygens (including phenoxy) is 1. The molecular weight excluding hydrogens is 410 g/mol. The lowest BCUT2D eigenvalue weighted by atomic mass is 9.84. The molecule has 31 heavy (non-hydrogen) atoms. The number of carbonyl (C=O) groups excluding carboxylic acids is 1. The number of nitrogens with one attached hydrogen (secondary N) is 1. The fourth-order valence-corrected chi connectivity index (χ4v) is 6.44. The number of thiocarbonyl (C=S) groups is 1. The Kier molecular flexibility index (Phi) is 5.27. The van der Waals surface area contributed by atoms with Crippen molar-refractivity contribution in [3.05, 3.63) is 24.3 Å². The number of para-hydroxylation sites is 2. The first-order valence-corrected chi connectivity index (χ1v) is 11.6. The molecule has 8 heteroatoms. The van der Waals surface area contributed by atoms with Crippen LogP contribution in [0, 0.1) is 23.2 Å². The molecule has 4 aliphatic rings. The molecule has 1 amide bonds. The summed E-state index contributed by atoms with van der Waals surface area (Å²) in [4.78, 5) is 17.3. The largest absolute Gasteiger partial charge is 0.495 e. The van der Waals surface area contributed by atoms with Gasteiger partial charge in [-0.25, -0.2) is 0 Å². The Labute approximate surface area is 188 Å². The molecule has 0 unspecified atom stereocenters. The molecular formula is C23H29N5O2S. The Morgan fingerprint density at radius 3 is 2.61 bits per heavy atom. The molecule has 4 fully saturated rings. The van der Waals surface area contributed by atoms with Gasteiger partial charge in [-0.1, -0.05) is 12.1 Å². The van der Waals surface area contributed by atoms with Crippen LogP contribution in [0.3, 0.4) is 0 Å². The van der Waals surface area contributed by atoms with E-state index in [0.717, 1.165) is 50.0 Å². The van der Waals surface area contributed by atoms with E-state index in [0.29, 0.717) is 11.0 Å². The lowest BCUT2D eigenvalue weighted by molar-refractivity contribution is -0.135. The summed E-state index contributed by atoms with van der Waals surface area (Å²) in [5.74, 6) is 1.38. The van der Waals surface area contributed by atoms with Crippen LogP contribution < -0.4 is 15.8 Å². The van der Waals surface area contributed by atoms with Crippen molar-refractivity contribution in [2.45, 2.75) is 68.7 Å². The number of carbonyl (C=O) groups is 1. The molecule has 0 spiro atoms. The maximum absolute atomic E-state index is 13.2. The number of hydrogen-bond acceptors (Lipinski definition) is 5. The van der Waals surface area contributed by atoms with Gasteiger partial charge in [0, 0.05) is 18.1 Å². The van der Waals surface area contributed by atoms with Gasteiger partial charge in [0.15, 0.2) is 5.11 Å². The minimum atomic E-state index is -0.531. The van der Waals surface area contributed by atoms with Crippen LogP contribution in [0.2, 0.25) is 0 Å². The zero-order chi connectivity index (χ0) is 21.7. The van der Waals surface area contributed by atoms with Crippen LogP contribution in [-0.4, -0.2) is 58.1 Å². The third-order valence-corrected chi connectivity index (χ3v) is 7.97. The van der Waals surface area contributed by atoms with Gasteiger partial charge in [0.25, 0.3) is 0 Å². The summed E-state index contributed by atoms with van der Waals surface area (Å²) in [5, 5.41) is 13.5. The maximum atomic E-state index is 13.2. The monoisotopic (exact) mass is 439 g/mol. The van der Waals surface area contributed by atoms with Crippen molar-refractivity contribution < 1.29 is 9.53 Å². The third-order valence-electron chi connectivity index (χ3n) is 7.65. The standard InChI is InChI=1S/C23H29N5O2S/c1-30-20-5-3-2-4-18(20)26-23(31)27-15-6-7-16(27)10-14(9-15)21(25)22(29)28-17(12-24)8-13-11-19(13)28/h2-5,13-17,19,21H,6-11,25H2,1H3,(H,26,31)/t13-,15+,16+,17+,19+,21+/m1/s1. The number of nitrogens with zero attached hydrogens (tertiary/aromatic N) is 3. The number of nitrogens with two attached hydrogens (primary N) is 1. The van der Waals surface area contributed by atoms with E-state index >= 15 is 0 Å². The topological polar surface area (TPSA) is 94.6 Å². The molecule has 0 aromatic heterocycles. The van der Waals surface area contributed by atoms with E-state index in [1.165, 1.54) is 0 Å². The highest BCUT2D eigenvalue weighted by molar-refractivity contribution is 7.80. The van der Waals surface area contributed by atoms with Gasteiger partial charge in [-0.2, -0.15) is 5.26 Å². The molecule has 5 rings (SSSR count). The number of piperidine rings is 2. The van der Waals surface area contributed by atoms with Crippen molar-refractivity contribution in [2.24, 2.45) is 17.6 Å². The van der Waals surface area contributed by atoms with Crippen molar-refractivity contribution in [1.82, 2.24) is 9.80 Å². The van der Waals surface area contributed by atoms with Crippen LogP contribution in [0.25, 0.3) is 0 Å². The minimum Gasteiger partial charge on any atom is -0.495 e. The quantitative estimate of drug-likeness (QED) is 0.696. The molecule has 1 aliphatic carbocycles. The van der Waals surface area contributed by atoms with Crippen molar-refractivity contribution >= 4 is 28.9 Å². The average Bonchev–Trinajstić information content (AvgIpc) is 3.37. The summed E-state index contributed by atoms with van der Waals surface area (Å²) < 4.78 is 5.43. The zero-order valence-electron chi connectivity index (χ0n) is 17.7. The summed E-state index contributed by atoms with van der Waals surface area (Å²) in [5.41, 5.74) is 7.38. The van der Waals surface area contributed by atoms with E-state index in [-0.39, 0.29) is 36.0 Å². The van der Waals surface area contributed by atoms with E-state index in [2.05, 4.69) is 16.3 Å². The highest BCUT2D eigenvalue weighted by Crippen LogP contribution is 2.48. The number of fused-ring (bicyclic) bond motifs is 3. The van der Waals surface area contributed by atoms with Crippen LogP contribution in [-0.2, 0) is 4.79 Å². The molecule has 6 atom stereocenters. The smallest absolute Gasteiger partial charge is 0.241 e. The Hall–Kier alpha value is -2.37. The van der Waals surface area contributed by atoms with Gasteiger partial charge >= 0.3 is 0 Å². The second kappa shape index (κ2) is 7.95. The molecule has 1 aromatic carbocycles. The summed E-state index contributed by atoms with van der Waals surface area (Å²) >= 11 is 5.77. The zero-order valence-corrected chi connectivity index (χ0v) is 18.6. The molecule has 0 radical (unpaired) electrons. The van der Waals surface area contributed by atoms with Crippen molar-refractivity contribution in [3.8, 4) is 11.8 Å². The SMILES string of the molecule is COc1ccccc1NC(=S)N1[C@H]2CC[C@H]1CC([C@H](N)C(=O)N1[C@H](C#N)C[C@@H]3C[C@@H]31)C2. The molecule has 1 saturated carbocycles. The lowest BCUT2D eigenvalue weighted by Crippen LogP contribution is -2.56. The Balaban J connectivity index is 1.25. The first-order valence-electron chi connectivity index (χ1n) is 11.2. The summed E-state index contributed by atoms with van der Waals surface area (Å²) in [6.45, 7) is 0. The molecule has 3 heterocycles. The molecule has 164 valence electrons. The van der Waals surface area contributed by atoms with Gasteiger partial charge in [-0.3, -0.25) is 4.79 Å². The first kappa shape index (κ1) is 20.5. The number of rotatable bonds is 4. The number of likely N-dealkylation sites (tertiary alicyclic amines) is 1. The number of benzene rings is 1. The number of methoxy groups -OCH3 is 1. The van der Waals surface area contributed by atoms with Crippen LogP contribution in [0.5, 0.6) is 5.75 Å². The predicted molar refractivity (Wildman–Crippen MR) is 121 cm³/mol. The summed E-state index contributed by atoms with van der Waals surface area (Å²) in [6, 6.07) is 10.1. The summed E-state index contributed by atoms with van der Waals surface area (Å²) in [6.07, 6.45) is 5.68. The van der Waals surface area contributed by atoms with Crippen molar-refractivity contribution in [1.29, 1.82) is 5.26 Å². The van der Waals surface area contributed by atoms with E-state index < -0.39 is 6.04 Å². The number of anilines is 1. The van der Waals surface area contributed by atoms with Gasteiger partial charge in [-0.05, 0) is 74.7 Å². The second-order valence-electron chi connectivity index (χ2n) is 9.37. The van der Waals surface area contributed by atoms with Crippen molar-refractivity contribution in [3.63, 3.8) is 0 Å². The van der Waals surface area contributed by atoms with Gasteiger partial charge in [0.2, 0.25) is 5.91 Å². The van der Waals surface area contributed by atoms with Crippen molar-refractivity contribution in [2.75, 3.05) is 12.4 Å². The van der Waals surface area contributed by atoms with Crippen LogP contribution in [0.1, 0.15) is 38.5 Å². The first-order chi connectivity index (χ1) is 15.0. The normalized spacial score (nSPS) is 34.0. The molecule has 2 bridgehead atoms. The van der Waals surface area contributed by atoms with E-state index in [1.54, 1.807) is 12.0 Å². The fourth-order valence-electron chi connectivity index (χ4n) is 6.03. The minimum absolute atomic E-state index is 0.0240. The van der Waals surface area contributed by atoms with Crippen LogP contribution in [0.4, 0.5) is 5.69 Å². The van der Waals surface area contributed by atoms with Crippen LogP contribution in [0.15, 0.2) is 24.3 Å². The molecule has 3 N–H and O–H groups in total. The van der Waals surface area contributed by atoms with Crippen LogP contribution >= 0.6 is 12.2 Å². The number of hydrogen-bond donors (Lipinski definition) is 2. The van der Waals surface area contributed by atoms with E-state index in [4.69, 9.17) is 22.7 Å². The molecule has 7 nitrogen and oxygen atoms in total. The van der Waals surface area contributed by atoms with Gasteiger partial charge in [-0.15, -0.1) is 0 Å². The highest BCUT2D eigenvalue weighted by Gasteiger charge is 2.56. The second-order valence-corrected chi connectivity index (χ2v) is 9.76. The van der Waals surface area contributed by atoms with Gasteiger partial charge in [0.05, 0.1) is 24.9 Å². The number of nitriles is 1. The van der Waals surface area contributed by atoms with Gasteiger partial charge < -0.3 is 25.6 Å². The third kappa shape index (κ3) is 3.54. The number of amides is 1. The molecule has 1 aromatic rings. The Morgan fingerprint density at radius 2 is 1.94 bits per heavy atom. The predicted octanol–water partition coefficient (Wildman–Crippen LogP) is 2.48. The van der Waals surface area contributed by atoms with E-state index in [9.17, 15) is 10.1 Å². The maximum Gasteiger partial charge on any atom is 0.241 e. The van der Waals surface area contributed by atoms with Gasteiger partial charge in [0.1, 0.15) is 11.8 Å². The average molecular weight is 440 g/mol. The lowest BCUT2D eigenvalue weighted by Gasteiger charge is -2.42. The molecule has 3 saturated heterocycles. The Bertz CT molecular complexity index is 919. The molecule has 3 aliphatic heterocycles. The highest BCUT2D eigenvalue weighted by atomic mass is 32.1. The Morgan fingerprint density at radius 1 is 1.23 bits per heavy atom. The summed E-state index contributed by atoms with van der Waals surface area (Å²) in [7, 11) is 1.65. The fraction of sp³-hybridized carbons (Fsp3) is 0.609.